The van der Waals surface area contributed by atoms with Gasteiger partial charge in [0.1, 0.15) is 11.8 Å². The molecule has 1 amide bonds. The second-order valence-electron chi connectivity index (χ2n) is 7.10. The standard InChI is InChI=1S/C25H21ClN2O2/c1-17-13-14-18(24(26)28-17)8-6-7-15-27-25(29)30-16-23-21-11-4-2-9-19(21)20-10-3-5-12-22(20)23/h2-5,9-14,23H,7,15-16H2,1H3,(H,27,29). The molecule has 1 aromatic heterocycles. The summed E-state index contributed by atoms with van der Waals surface area (Å²) >= 11 is 6.06. The molecule has 30 heavy (non-hydrogen) atoms. The van der Waals surface area contributed by atoms with Crippen molar-refractivity contribution >= 4 is 17.7 Å². The summed E-state index contributed by atoms with van der Waals surface area (Å²) in [5.74, 6) is 6.03. The van der Waals surface area contributed by atoms with Gasteiger partial charge in [-0.05, 0) is 41.3 Å². The third-order valence-electron chi connectivity index (χ3n) is 5.07. The van der Waals surface area contributed by atoms with Crippen LogP contribution in [0.4, 0.5) is 4.79 Å². The van der Waals surface area contributed by atoms with Crippen LogP contribution in [0.5, 0.6) is 0 Å². The topological polar surface area (TPSA) is 51.2 Å². The Bertz CT molecular complexity index is 1100. The molecular weight excluding hydrogens is 396 g/mol. The number of aryl methyl sites for hydroxylation is 1. The summed E-state index contributed by atoms with van der Waals surface area (Å²) in [4.78, 5) is 16.3. The Balaban J connectivity index is 1.29. The minimum atomic E-state index is -0.436. The summed E-state index contributed by atoms with van der Waals surface area (Å²) in [6.07, 6.45) is 0.0581. The second-order valence-corrected chi connectivity index (χ2v) is 7.45. The first kappa shape index (κ1) is 20.0. The van der Waals surface area contributed by atoms with Crippen LogP contribution >= 0.6 is 11.6 Å². The summed E-state index contributed by atoms with van der Waals surface area (Å²) < 4.78 is 5.51. The molecule has 150 valence electrons. The largest absolute Gasteiger partial charge is 0.449 e. The Morgan fingerprint density at radius 2 is 1.73 bits per heavy atom. The van der Waals surface area contributed by atoms with Crippen molar-refractivity contribution in [1.29, 1.82) is 0 Å². The van der Waals surface area contributed by atoms with E-state index >= 15 is 0 Å². The van der Waals surface area contributed by atoms with Crippen LogP contribution in [0.2, 0.25) is 5.15 Å². The van der Waals surface area contributed by atoms with Crippen LogP contribution in [0.3, 0.4) is 0 Å². The lowest BCUT2D eigenvalue weighted by atomic mass is 9.98. The Hall–Kier alpha value is -3.29. The van der Waals surface area contributed by atoms with E-state index < -0.39 is 6.09 Å². The van der Waals surface area contributed by atoms with Gasteiger partial charge in [-0.15, -0.1) is 0 Å². The predicted molar refractivity (Wildman–Crippen MR) is 119 cm³/mol. The number of benzene rings is 2. The summed E-state index contributed by atoms with van der Waals surface area (Å²) in [5.41, 5.74) is 6.34. The molecule has 0 fully saturated rings. The summed E-state index contributed by atoms with van der Waals surface area (Å²) in [6, 6.07) is 20.2. The number of halogens is 1. The van der Waals surface area contributed by atoms with Crippen LogP contribution in [0, 0.1) is 18.8 Å². The average Bonchev–Trinajstić information content (AvgIpc) is 3.07. The molecule has 0 saturated carbocycles. The molecule has 0 aliphatic heterocycles. The number of alkyl carbamates (subject to hydrolysis) is 1. The van der Waals surface area contributed by atoms with Gasteiger partial charge in [-0.1, -0.05) is 72.0 Å². The zero-order valence-corrected chi connectivity index (χ0v) is 17.4. The molecule has 0 bridgehead atoms. The number of nitrogens with zero attached hydrogens (tertiary/aromatic N) is 1. The van der Waals surface area contributed by atoms with E-state index in [4.69, 9.17) is 16.3 Å². The van der Waals surface area contributed by atoms with Gasteiger partial charge in [0, 0.05) is 24.6 Å². The molecule has 0 atom stereocenters. The van der Waals surface area contributed by atoms with Gasteiger partial charge in [-0.3, -0.25) is 0 Å². The van der Waals surface area contributed by atoms with E-state index in [1.54, 1.807) is 0 Å². The normalized spacial score (nSPS) is 11.8. The molecule has 1 aliphatic rings. The number of ether oxygens (including phenoxy) is 1. The number of nitrogens with one attached hydrogen (secondary N) is 1. The van der Waals surface area contributed by atoms with E-state index in [1.807, 2.05) is 43.3 Å². The third kappa shape index (κ3) is 4.32. The molecule has 0 saturated heterocycles. The Kier molecular flexibility index (Phi) is 6.02. The highest BCUT2D eigenvalue weighted by Crippen LogP contribution is 2.44. The predicted octanol–water partition coefficient (Wildman–Crippen LogP) is 5.32. The van der Waals surface area contributed by atoms with Gasteiger partial charge in [0.15, 0.2) is 0 Å². The van der Waals surface area contributed by atoms with Gasteiger partial charge in [0.2, 0.25) is 0 Å². The number of hydrogen-bond acceptors (Lipinski definition) is 3. The van der Waals surface area contributed by atoms with Crippen molar-refractivity contribution in [2.45, 2.75) is 19.3 Å². The Morgan fingerprint density at radius 1 is 1.07 bits per heavy atom. The van der Waals surface area contributed by atoms with Gasteiger partial charge in [-0.2, -0.15) is 0 Å². The minimum Gasteiger partial charge on any atom is -0.449 e. The maximum atomic E-state index is 12.1. The maximum absolute atomic E-state index is 12.1. The smallest absolute Gasteiger partial charge is 0.407 e. The molecule has 0 radical (unpaired) electrons. The van der Waals surface area contributed by atoms with Crippen molar-refractivity contribution < 1.29 is 9.53 Å². The first-order chi connectivity index (χ1) is 14.6. The molecule has 4 rings (SSSR count). The van der Waals surface area contributed by atoms with Crippen LogP contribution in [0.1, 0.15) is 34.7 Å². The number of aromatic nitrogens is 1. The molecular formula is C25H21ClN2O2. The highest BCUT2D eigenvalue weighted by Gasteiger charge is 2.28. The number of rotatable bonds is 4. The fourth-order valence-electron chi connectivity index (χ4n) is 3.65. The Labute approximate surface area is 181 Å². The molecule has 0 unspecified atom stereocenters. The molecule has 1 aliphatic carbocycles. The van der Waals surface area contributed by atoms with E-state index in [9.17, 15) is 4.79 Å². The zero-order valence-electron chi connectivity index (χ0n) is 16.6. The van der Waals surface area contributed by atoms with E-state index in [0.717, 1.165) is 5.69 Å². The minimum absolute atomic E-state index is 0.0547. The molecule has 0 spiro atoms. The van der Waals surface area contributed by atoms with Gasteiger partial charge >= 0.3 is 6.09 Å². The van der Waals surface area contributed by atoms with E-state index in [1.165, 1.54) is 22.3 Å². The maximum Gasteiger partial charge on any atom is 0.407 e. The number of carbonyl (C=O) groups is 1. The number of hydrogen-bond donors (Lipinski definition) is 1. The van der Waals surface area contributed by atoms with Crippen LogP contribution in [0.25, 0.3) is 11.1 Å². The van der Waals surface area contributed by atoms with Crippen LogP contribution in [-0.2, 0) is 4.74 Å². The lowest BCUT2D eigenvalue weighted by Crippen LogP contribution is -2.26. The van der Waals surface area contributed by atoms with Crippen molar-refractivity contribution in [3.63, 3.8) is 0 Å². The fraction of sp³-hybridized carbons (Fsp3) is 0.200. The van der Waals surface area contributed by atoms with Crippen molar-refractivity contribution in [3.05, 3.63) is 88.2 Å². The zero-order chi connectivity index (χ0) is 20.9. The first-order valence-corrected chi connectivity index (χ1v) is 10.2. The summed E-state index contributed by atoms with van der Waals surface area (Å²) in [6.45, 7) is 2.58. The second kappa shape index (κ2) is 9.02. The lowest BCUT2D eigenvalue weighted by molar-refractivity contribution is 0.143. The summed E-state index contributed by atoms with van der Waals surface area (Å²) in [5, 5.41) is 3.15. The quantitative estimate of drug-likeness (QED) is 0.355. The lowest BCUT2D eigenvalue weighted by Gasteiger charge is -2.14. The number of amides is 1. The molecule has 1 heterocycles. The van der Waals surface area contributed by atoms with Gasteiger partial charge in [-0.25, -0.2) is 9.78 Å². The van der Waals surface area contributed by atoms with E-state index in [2.05, 4.69) is 46.4 Å². The Morgan fingerprint density at radius 3 is 2.40 bits per heavy atom. The molecule has 3 aromatic rings. The third-order valence-corrected chi connectivity index (χ3v) is 5.36. The molecule has 4 nitrogen and oxygen atoms in total. The molecule has 2 aromatic carbocycles. The number of carbonyl (C=O) groups excluding carboxylic acids is 1. The first-order valence-electron chi connectivity index (χ1n) is 9.84. The number of pyridine rings is 1. The number of fused-ring (bicyclic) bond motifs is 3. The van der Waals surface area contributed by atoms with Gasteiger partial charge in [0.25, 0.3) is 0 Å². The van der Waals surface area contributed by atoms with Crippen LogP contribution < -0.4 is 5.32 Å². The van der Waals surface area contributed by atoms with E-state index in [-0.39, 0.29) is 5.92 Å². The van der Waals surface area contributed by atoms with Crippen molar-refractivity contribution in [1.82, 2.24) is 10.3 Å². The SMILES string of the molecule is Cc1ccc(C#CCCNC(=O)OCC2c3ccccc3-c3ccccc32)c(Cl)n1. The highest BCUT2D eigenvalue weighted by atomic mass is 35.5. The molecule has 5 heteroatoms. The van der Waals surface area contributed by atoms with Crippen LogP contribution in [0.15, 0.2) is 60.7 Å². The van der Waals surface area contributed by atoms with Gasteiger partial charge < -0.3 is 10.1 Å². The monoisotopic (exact) mass is 416 g/mol. The highest BCUT2D eigenvalue weighted by molar-refractivity contribution is 6.30. The van der Waals surface area contributed by atoms with Crippen molar-refractivity contribution in [3.8, 4) is 23.0 Å². The van der Waals surface area contributed by atoms with Crippen LogP contribution in [-0.4, -0.2) is 24.2 Å². The average molecular weight is 417 g/mol. The van der Waals surface area contributed by atoms with Gasteiger partial charge in [0.05, 0.1) is 5.56 Å². The van der Waals surface area contributed by atoms with Crippen molar-refractivity contribution in [2.24, 2.45) is 0 Å². The van der Waals surface area contributed by atoms with E-state index in [0.29, 0.717) is 30.3 Å². The summed E-state index contributed by atoms with van der Waals surface area (Å²) in [7, 11) is 0. The fourth-order valence-corrected chi connectivity index (χ4v) is 3.90. The molecule has 1 N–H and O–H groups in total. The van der Waals surface area contributed by atoms with Crippen molar-refractivity contribution in [2.75, 3.05) is 13.2 Å².